The Morgan fingerprint density at radius 1 is 0.944 bits per heavy atom. The van der Waals surface area contributed by atoms with Gasteiger partial charge in [-0.1, -0.05) is 12.1 Å². The third kappa shape index (κ3) is 1.40. The van der Waals surface area contributed by atoms with Crippen LogP contribution in [-0.4, -0.2) is 20.0 Å². The van der Waals surface area contributed by atoms with Crippen molar-refractivity contribution in [2.75, 3.05) is 14.2 Å². The Labute approximate surface area is 105 Å². The fraction of sp³-hybridized carbons (Fsp3) is 0.267. The molecule has 0 saturated heterocycles. The zero-order chi connectivity index (χ0) is 12.7. The van der Waals surface area contributed by atoms with Crippen molar-refractivity contribution in [3.63, 3.8) is 0 Å². The van der Waals surface area contributed by atoms with Gasteiger partial charge >= 0.3 is 0 Å². The Morgan fingerprint density at radius 3 is 2.28 bits per heavy atom. The van der Waals surface area contributed by atoms with Crippen LogP contribution < -0.4 is 9.47 Å². The maximum atomic E-state index is 12.1. The highest BCUT2D eigenvalue weighted by Gasteiger charge is 2.25. The molecule has 0 saturated carbocycles. The third-order valence-corrected chi connectivity index (χ3v) is 3.53. The van der Waals surface area contributed by atoms with Crippen LogP contribution in [0.4, 0.5) is 0 Å². The van der Waals surface area contributed by atoms with Gasteiger partial charge < -0.3 is 9.47 Å². The van der Waals surface area contributed by atoms with E-state index >= 15 is 0 Å². The van der Waals surface area contributed by atoms with Gasteiger partial charge in [-0.2, -0.15) is 0 Å². The first-order chi connectivity index (χ1) is 8.76. The monoisotopic (exact) mass is 242 g/mol. The summed E-state index contributed by atoms with van der Waals surface area (Å²) in [5.74, 6) is 1.66. The van der Waals surface area contributed by atoms with Crippen LogP contribution >= 0.6 is 0 Å². The molecule has 0 bridgehead atoms. The zero-order valence-corrected chi connectivity index (χ0v) is 10.4. The molecule has 0 radical (unpaired) electrons. The lowest BCUT2D eigenvalue weighted by Crippen LogP contribution is -2.12. The number of methoxy groups -OCH3 is 2. The van der Waals surface area contributed by atoms with Crippen molar-refractivity contribution < 1.29 is 14.3 Å². The van der Waals surface area contributed by atoms with Gasteiger partial charge in [0.2, 0.25) is 0 Å². The molecular weight excluding hydrogens is 228 g/mol. The van der Waals surface area contributed by atoms with E-state index in [-0.39, 0.29) is 5.78 Å². The highest BCUT2D eigenvalue weighted by Crippen LogP contribution is 2.39. The summed E-state index contributed by atoms with van der Waals surface area (Å²) in [4.78, 5) is 12.1. The van der Waals surface area contributed by atoms with E-state index in [2.05, 4.69) is 0 Å². The van der Waals surface area contributed by atoms with Crippen LogP contribution in [0.25, 0.3) is 10.8 Å². The van der Waals surface area contributed by atoms with Crippen LogP contribution in [0, 0.1) is 0 Å². The molecule has 0 atom stereocenters. The first-order valence-electron chi connectivity index (χ1n) is 5.96. The molecule has 2 aromatic carbocycles. The lowest BCUT2D eigenvalue weighted by molar-refractivity contribution is 0.0978. The molecule has 3 nitrogen and oxygen atoms in total. The van der Waals surface area contributed by atoms with Gasteiger partial charge in [-0.25, -0.2) is 0 Å². The van der Waals surface area contributed by atoms with Gasteiger partial charge in [-0.05, 0) is 23.9 Å². The van der Waals surface area contributed by atoms with E-state index in [4.69, 9.17) is 9.47 Å². The predicted octanol–water partition coefficient (Wildman–Crippen LogP) is 2.99. The molecule has 0 fully saturated rings. The van der Waals surface area contributed by atoms with Gasteiger partial charge in [0.15, 0.2) is 5.78 Å². The highest BCUT2D eigenvalue weighted by atomic mass is 16.5. The Kier molecular flexibility index (Phi) is 2.47. The Morgan fingerprint density at radius 2 is 1.61 bits per heavy atom. The Balaban J connectivity index is 2.46. The number of aryl methyl sites for hydroxylation is 1. The molecule has 0 unspecified atom stereocenters. The fourth-order valence-electron chi connectivity index (χ4n) is 2.70. The minimum absolute atomic E-state index is 0.151. The second-order valence-electron chi connectivity index (χ2n) is 4.41. The highest BCUT2D eigenvalue weighted by molar-refractivity contribution is 6.14. The molecule has 2 aromatic rings. The van der Waals surface area contributed by atoms with Crippen molar-refractivity contribution >= 4 is 16.6 Å². The lowest BCUT2D eigenvalue weighted by atomic mass is 9.86. The largest absolute Gasteiger partial charge is 0.496 e. The molecule has 18 heavy (non-hydrogen) atoms. The summed E-state index contributed by atoms with van der Waals surface area (Å²) >= 11 is 0. The number of hydrogen-bond donors (Lipinski definition) is 0. The van der Waals surface area contributed by atoms with Crippen LogP contribution in [0.1, 0.15) is 22.3 Å². The third-order valence-electron chi connectivity index (χ3n) is 3.53. The molecule has 0 aliphatic heterocycles. The molecule has 0 spiro atoms. The van der Waals surface area contributed by atoms with Crippen LogP contribution in [-0.2, 0) is 6.42 Å². The average molecular weight is 242 g/mol. The molecule has 1 aliphatic carbocycles. The summed E-state index contributed by atoms with van der Waals surface area (Å²) in [6, 6.07) is 7.79. The van der Waals surface area contributed by atoms with Crippen molar-refractivity contribution in [2.24, 2.45) is 0 Å². The lowest BCUT2D eigenvalue weighted by Gasteiger charge is -2.20. The van der Waals surface area contributed by atoms with Gasteiger partial charge in [-0.3, -0.25) is 4.79 Å². The van der Waals surface area contributed by atoms with Gasteiger partial charge in [0, 0.05) is 17.4 Å². The number of benzene rings is 2. The second kappa shape index (κ2) is 4.02. The van der Waals surface area contributed by atoms with E-state index in [1.807, 2.05) is 24.3 Å². The summed E-state index contributed by atoms with van der Waals surface area (Å²) < 4.78 is 10.7. The first kappa shape index (κ1) is 11.1. The number of carbonyl (C=O) groups excluding carboxylic acids is 1. The predicted molar refractivity (Wildman–Crippen MR) is 69.7 cm³/mol. The van der Waals surface area contributed by atoms with Gasteiger partial charge in [-0.15, -0.1) is 0 Å². The smallest absolute Gasteiger partial charge is 0.167 e. The van der Waals surface area contributed by atoms with Crippen molar-refractivity contribution in [1.82, 2.24) is 0 Å². The number of carbonyl (C=O) groups is 1. The maximum absolute atomic E-state index is 12.1. The molecule has 3 heteroatoms. The van der Waals surface area contributed by atoms with Crippen molar-refractivity contribution in [3.05, 3.63) is 35.4 Å². The topological polar surface area (TPSA) is 35.5 Å². The standard InChI is InChI=1S/C15H14O3/c1-17-12-7-3-9-4-8-13(18-2)15-11(16)6-5-10(12)14(9)15/h3-4,7-8H,5-6H2,1-2H3. The van der Waals surface area contributed by atoms with E-state index < -0.39 is 0 Å². The average Bonchev–Trinajstić information content (AvgIpc) is 2.42. The number of Topliss-reactive ketones (excluding diaryl/α,β-unsaturated/α-hetero) is 1. The van der Waals surface area contributed by atoms with Crippen LogP contribution in [0.15, 0.2) is 24.3 Å². The summed E-state index contributed by atoms with van der Waals surface area (Å²) in [6.07, 6.45) is 1.25. The van der Waals surface area contributed by atoms with E-state index in [1.54, 1.807) is 14.2 Å². The SMILES string of the molecule is COc1ccc2ccc(OC)c3c2c1CCC3=O. The van der Waals surface area contributed by atoms with Crippen molar-refractivity contribution in [3.8, 4) is 11.5 Å². The van der Waals surface area contributed by atoms with E-state index in [1.165, 1.54) is 0 Å². The first-order valence-corrected chi connectivity index (χ1v) is 5.96. The minimum atomic E-state index is 0.151. The second-order valence-corrected chi connectivity index (χ2v) is 4.41. The minimum Gasteiger partial charge on any atom is -0.496 e. The summed E-state index contributed by atoms with van der Waals surface area (Å²) in [7, 11) is 3.26. The Hall–Kier alpha value is -2.03. The van der Waals surface area contributed by atoms with Gasteiger partial charge in [0.1, 0.15) is 11.5 Å². The Bertz CT molecular complexity index is 638. The molecule has 0 N–H and O–H groups in total. The van der Waals surface area contributed by atoms with Gasteiger partial charge in [0.25, 0.3) is 0 Å². The van der Waals surface area contributed by atoms with E-state index in [0.717, 1.165) is 28.5 Å². The van der Waals surface area contributed by atoms with Crippen molar-refractivity contribution in [1.29, 1.82) is 0 Å². The molecule has 3 rings (SSSR count). The summed E-state index contributed by atoms with van der Waals surface area (Å²) in [5, 5.41) is 2.06. The normalized spacial score (nSPS) is 13.8. The molecule has 0 aromatic heterocycles. The van der Waals surface area contributed by atoms with E-state index in [9.17, 15) is 4.79 Å². The number of ketones is 1. The molecular formula is C15H14O3. The number of rotatable bonds is 2. The number of hydrogen-bond acceptors (Lipinski definition) is 3. The van der Waals surface area contributed by atoms with Crippen molar-refractivity contribution in [2.45, 2.75) is 12.8 Å². The van der Waals surface area contributed by atoms with Crippen LogP contribution in [0.5, 0.6) is 11.5 Å². The van der Waals surface area contributed by atoms with Crippen LogP contribution in [0.3, 0.4) is 0 Å². The summed E-state index contributed by atoms with van der Waals surface area (Å²) in [6.45, 7) is 0. The number of ether oxygens (including phenoxy) is 2. The molecule has 92 valence electrons. The zero-order valence-electron chi connectivity index (χ0n) is 10.4. The van der Waals surface area contributed by atoms with Crippen LogP contribution in [0.2, 0.25) is 0 Å². The van der Waals surface area contributed by atoms with E-state index in [0.29, 0.717) is 17.7 Å². The van der Waals surface area contributed by atoms with Gasteiger partial charge in [0.05, 0.1) is 19.8 Å². The summed E-state index contributed by atoms with van der Waals surface area (Å²) in [5.41, 5.74) is 1.82. The fourth-order valence-corrected chi connectivity index (χ4v) is 2.70. The quantitative estimate of drug-likeness (QED) is 0.812. The molecule has 0 heterocycles. The maximum Gasteiger partial charge on any atom is 0.167 e. The molecule has 1 aliphatic rings. The molecule has 0 amide bonds.